The Kier molecular flexibility index (Phi) is 4.51. The summed E-state index contributed by atoms with van der Waals surface area (Å²) in [5, 5.41) is 2.12. The third-order valence-electron chi connectivity index (χ3n) is 4.19. The van der Waals surface area contributed by atoms with E-state index in [0.717, 1.165) is 44.9 Å². The van der Waals surface area contributed by atoms with Crippen LogP contribution in [0.25, 0.3) is 31.4 Å². The monoisotopic (exact) mass is 365 g/mol. The maximum Gasteiger partial charge on any atom is 0.186 e. The lowest BCUT2D eigenvalue weighted by Gasteiger charge is -2.16. The lowest BCUT2D eigenvalue weighted by atomic mass is 10.1. The van der Waals surface area contributed by atoms with E-state index < -0.39 is 0 Å². The van der Waals surface area contributed by atoms with Crippen molar-refractivity contribution in [3.8, 4) is 21.1 Å². The molecule has 0 amide bonds. The fourth-order valence-electron chi connectivity index (χ4n) is 2.84. The van der Waals surface area contributed by atoms with E-state index >= 15 is 0 Å². The second-order valence-corrected chi connectivity index (χ2v) is 7.71. The molecule has 0 unspecified atom stereocenters. The second kappa shape index (κ2) is 6.94. The molecule has 2 heterocycles. The van der Waals surface area contributed by atoms with E-state index in [1.165, 1.54) is 4.70 Å². The minimum Gasteiger partial charge on any atom is -0.349 e. The molecule has 0 saturated carbocycles. The molecule has 0 aliphatic heterocycles. The summed E-state index contributed by atoms with van der Waals surface area (Å²) in [5.74, 6) is 0. The number of benzene rings is 2. The number of hydrogen-bond acceptors (Lipinski definition) is 5. The minimum absolute atomic E-state index is 0.956. The van der Waals surface area contributed by atoms with Crippen molar-refractivity contribution in [2.45, 2.75) is 13.8 Å². The van der Waals surface area contributed by atoms with Crippen molar-refractivity contribution in [2.75, 3.05) is 18.0 Å². The number of anilines is 1. The zero-order valence-corrected chi connectivity index (χ0v) is 15.9. The van der Waals surface area contributed by atoms with Crippen LogP contribution in [0.5, 0.6) is 0 Å². The van der Waals surface area contributed by atoms with Crippen LogP contribution in [0.2, 0.25) is 0 Å². The smallest absolute Gasteiger partial charge is 0.186 e. The summed E-state index contributed by atoms with van der Waals surface area (Å²) >= 11 is 3.48. The topological polar surface area (TPSA) is 29.0 Å². The van der Waals surface area contributed by atoms with Gasteiger partial charge in [0.05, 0.1) is 20.8 Å². The molecule has 0 fully saturated rings. The van der Waals surface area contributed by atoms with Gasteiger partial charge in [0.15, 0.2) is 5.13 Å². The highest BCUT2D eigenvalue weighted by Crippen LogP contribution is 2.42. The molecule has 0 N–H and O–H groups in total. The van der Waals surface area contributed by atoms with Crippen molar-refractivity contribution in [1.82, 2.24) is 9.97 Å². The Morgan fingerprint density at radius 3 is 2.28 bits per heavy atom. The molecule has 126 valence electrons. The Labute approximate surface area is 155 Å². The summed E-state index contributed by atoms with van der Waals surface area (Å²) in [7, 11) is 0. The largest absolute Gasteiger partial charge is 0.349 e. The average molecular weight is 366 g/mol. The molecule has 4 rings (SSSR count). The Hall–Kier alpha value is -2.24. The molecule has 25 heavy (non-hydrogen) atoms. The van der Waals surface area contributed by atoms with Gasteiger partial charge in [-0.3, -0.25) is 0 Å². The number of aromatic nitrogens is 2. The Balaban J connectivity index is 1.90. The molecule has 0 bridgehead atoms. The molecule has 3 nitrogen and oxygen atoms in total. The van der Waals surface area contributed by atoms with Crippen LogP contribution in [-0.4, -0.2) is 23.1 Å². The molecule has 0 saturated heterocycles. The number of fused-ring (bicyclic) bond motifs is 1. The van der Waals surface area contributed by atoms with Gasteiger partial charge in [0.1, 0.15) is 5.01 Å². The SMILES string of the molecule is CCN(CC)c1nc(-c2ccccc2)c(-c2nc3ccccc3s2)s1. The van der Waals surface area contributed by atoms with Crippen molar-refractivity contribution in [3.63, 3.8) is 0 Å². The first-order chi connectivity index (χ1) is 12.3. The van der Waals surface area contributed by atoms with Crippen molar-refractivity contribution in [1.29, 1.82) is 0 Å². The molecule has 0 atom stereocenters. The Morgan fingerprint density at radius 2 is 1.56 bits per heavy atom. The summed E-state index contributed by atoms with van der Waals surface area (Å²) in [6.45, 7) is 6.25. The molecule has 2 aromatic heterocycles. The van der Waals surface area contributed by atoms with Crippen LogP contribution in [0.4, 0.5) is 5.13 Å². The van der Waals surface area contributed by atoms with Crippen molar-refractivity contribution in [2.24, 2.45) is 0 Å². The van der Waals surface area contributed by atoms with Crippen molar-refractivity contribution < 1.29 is 0 Å². The van der Waals surface area contributed by atoms with Gasteiger partial charge in [0.2, 0.25) is 0 Å². The average Bonchev–Trinajstić information content (AvgIpc) is 3.28. The lowest BCUT2D eigenvalue weighted by Crippen LogP contribution is -2.21. The van der Waals surface area contributed by atoms with Crippen LogP contribution >= 0.6 is 22.7 Å². The molecule has 0 radical (unpaired) electrons. The normalized spacial score (nSPS) is 11.1. The van der Waals surface area contributed by atoms with E-state index in [1.807, 2.05) is 12.1 Å². The lowest BCUT2D eigenvalue weighted by molar-refractivity contribution is 0.860. The van der Waals surface area contributed by atoms with Gasteiger partial charge in [0.25, 0.3) is 0 Å². The number of thiazole rings is 2. The molecule has 4 aromatic rings. The summed E-state index contributed by atoms with van der Waals surface area (Å²) in [4.78, 5) is 13.3. The minimum atomic E-state index is 0.956. The first-order valence-corrected chi connectivity index (χ1v) is 10.1. The van der Waals surface area contributed by atoms with E-state index in [4.69, 9.17) is 9.97 Å². The molecule has 0 aliphatic rings. The highest BCUT2D eigenvalue weighted by molar-refractivity contribution is 7.27. The third-order valence-corrected chi connectivity index (χ3v) is 6.49. The van der Waals surface area contributed by atoms with E-state index in [1.54, 1.807) is 22.7 Å². The van der Waals surface area contributed by atoms with Crippen LogP contribution in [0.15, 0.2) is 54.6 Å². The van der Waals surface area contributed by atoms with E-state index in [2.05, 4.69) is 61.2 Å². The first-order valence-electron chi connectivity index (χ1n) is 8.47. The van der Waals surface area contributed by atoms with Gasteiger partial charge in [0, 0.05) is 18.7 Å². The molecular weight excluding hydrogens is 346 g/mol. The number of nitrogens with zero attached hydrogens (tertiary/aromatic N) is 3. The van der Waals surface area contributed by atoms with Crippen molar-refractivity contribution >= 4 is 38.0 Å². The van der Waals surface area contributed by atoms with Gasteiger partial charge in [-0.2, -0.15) is 0 Å². The van der Waals surface area contributed by atoms with E-state index in [-0.39, 0.29) is 0 Å². The maximum absolute atomic E-state index is 4.98. The summed E-state index contributed by atoms with van der Waals surface area (Å²) in [6.07, 6.45) is 0. The fourth-order valence-corrected chi connectivity index (χ4v) is 5.10. The molecule has 0 aliphatic carbocycles. The molecule has 0 spiro atoms. The van der Waals surface area contributed by atoms with Crippen LogP contribution in [-0.2, 0) is 0 Å². The van der Waals surface area contributed by atoms with Gasteiger partial charge in [-0.1, -0.05) is 53.8 Å². The van der Waals surface area contributed by atoms with Crippen molar-refractivity contribution in [3.05, 3.63) is 54.6 Å². The van der Waals surface area contributed by atoms with Gasteiger partial charge in [-0.05, 0) is 26.0 Å². The number of hydrogen-bond donors (Lipinski definition) is 0. The number of para-hydroxylation sites is 1. The van der Waals surface area contributed by atoms with Gasteiger partial charge in [-0.15, -0.1) is 11.3 Å². The second-order valence-electron chi connectivity index (χ2n) is 5.70. The van der Waals surface area contributed by atoms with Crippen LogP contribution in [0.1, 0.15) is 13.8 Å². The summed E-state index contributed by atoms with van der Waals surface area (Å²) in [5.41, 5.74) is 3.23. The predicted molar refractivity (Wildman–Crippen MR) is 110 cm³/mol. The highest BCUT2D eigenvalue weighted by atomic mass is 32.1. The number of rotatable bonds is 5. The van der Waals surface area contributed by atoms with E-state index in [0.29, 0.717) is 0 Å². The molecule has 5 heteroatoms. The van der Waals surface area contributed by atoms with Gasteiger partial charge in [-0.25, -0.2) is 9.97 Å². The Bertz CT molecular complexity index is 952. The maximum atomic E-state index is 4.98. The summed E-state index contributed by atoms with van der Waals surface area (Å²) < 4.78 is 1.22. The van der Waals surface area contributed by atoms with Gasteiger partial charge >= 0.3 is 0 Å². The van der Waals surface area contributed by atoms with Crippen LogP contribution < -0.4 is 4.90 Å². The van der Waals surface area contributed by atoms with Crippen LogP contribution in [0, 0.1) is 0 Å². The van der Waals surface area contributed by atoms with Gasteiger partial charge < -0.3 is 4.90 Å². The highest BCUT2D eigenvalue weighted by Gasteiger charge is 2.20. The molecule has 2 aromatic carbocycles. The summed E-state index contributed by atoms with van der Waals surface area (Å²) in [6, 6.07) is 18.7. The Morgan fingerprint density at radius 1 is 0.840 bits per heavy atom. The van der Waals surface area contributed by atoms with Crippen LogP contribution in [0.3, 0.4) is 0 Å². The predicted octanol–water partition coefficient (Wildman–Crippen LogP) is 5.93. The fraction of sp³-hybridized carbons (Fsp3) is 0.200. The third kappa shape index (κ3) is 3.05. The molecular formula is C20H19N3S2. The zero-order valence-electron chi connectivity index (χ0n) is 14.3. The quantitative estimate of drug-likeness (QED) is 0.439. The standard InChI is InChI=1S/C20H19N3S2/c1-3-23(4-2)20-22-17(14-10-6-5-7-11-14)18(25-20)19-21-15-12-8-9-13-16(15)24-19/h5-13H,3-4H2,1-2H3. The van der Waals surface area contributed by atoms with E-state index in [9.17, 15) is 0 Å². The zero-order chi connectivity index (χ0) is 17.2. The first kappa shape index (κ1) is 16.2.